The maximum absolute atomic E-state index is 8.72. The Kier molecular flexibility index (Phi) is 4.74. The van der Waals surface area contributed by atoms with E-state index in [2.05, 4.69) is 21.3 Å². The maximum atomic E-state index is 8.72. The molecule has 1 atom stereocenters. The molecule has 1 aromatic heterocycles. The van der Waals surface area contributed by atoms with Crippen molar-refractivity contribution >= 4 is 5.82 Å². The lowest BCUT2D eigenvalue weighted by atomic mass is 10.2. The molecule has 0 saturated carbocycles. The highest BCUT2D eigenvalue weighted by Gasteiger charge is 2.05. The van der Waals surface area contributed by atoms with Gasteiger partial charge in [0.1, 0.15) is 5.82 Å². The van der Waals surface area contributed by atoms with Gasteiger partial charge in [0.2, 0.25) is 0 Å². The van der Waals surface area contributed by atoms with Gasteiger partial charge in [0, 0.05) is 26.3 Å². The standard InChI is InChI=1S/C12H18N4/c1-10(6-13)8-16(3)9-11-4-5-12(14-2)15-7-11/h4-5,7,10H,8-9H2,1-3H3,(H,14,15). The number of nitriles is 1. The zero-order valence-electron chi connectivity index (χ0n) is 10.1. The summed E-state index contributed by atoms with van der Waals surface area (Å²) in [4.78, 5) is 6.38. The Morgan fingerprint density at radius 3 is 2.81 bits per heavy atom. The van der Waals surface area contributed by atoms with E-state index in [9.17, 15) is 0 Å². The van der Waals surface area contributed by atoms with Gasteiger partial charge in [0.15, 0.2) is 0 Å². The van der Waals surface area contributed by atoms with Crippen LogP contribution in [0.5, 0.6) is 0 Å². The molecule has 0 radical (unpaired) electrons. The second-order valence-corrected chi connectivity index (χ2v) is 4.03. The van der Waals surface area contributed by atoms with E-state index in [1.807, 2.05) is 39.3 Å². The second kappa shape index (κ2) is 6.09. The normalized spacial score (nSPS) is 12.2. The average molecular weight is 218 g/mol. The van der Waals surface area contributed by atoms with Gasteiger partial charge in [-0.05, 0) is 25.6 Å². The fourth-order valence-electron chi connectivity index (χ4n) is 1.55. The summed E-state index contributed by atoms with van der Waals surface area (Å²) in [6.07, 6.45) is 1.86. The Morgan fingerprint density at radius 1 is 1.56 bits per heavy atom. The smallest absolute Gasteiger partial charge is 0.125 e. The van der Waals surface area contributed by atoms with Crippen LogP contribution in [-0.2, 0) is 6.54 Å². The van der Waals surface area contributed by atoms with Gasteiger partial charge in [-0.2, -0.15) is 5.26 Å². The number of rotatable bonds is 5. The molecular weight excluding hydrogens is 200 g/mol. The van der Waals surface area contributed by atoms with Gasteiger partial charge in [0.25, 0.3) is 0 Å². The van der Waals surface area contributed by atoms with Crippen molar-refractivity contribution < 1.29 is 0 Å². The molecule has 1 aromatic rings. The van der Waals surface area contributed by atoms with Crippen LogP contribution in [0.4, 0.5) is 5.82 Å². The van der Waals surface area contributed by atoms with E-state index < -0.39 is 0 Å². The van der Waals surface area contributed by atoms with Crippen LogP contribution < -0.4 is 5.32 Å². The first kappa shape index (κ1) is 12.5. The molecular formula is C12H18N4. The summed E-state index contributed by atoms with van der Waals surface area (Å²) >= 11 is 0. The van der Waals surface area contributed by atoms with Gasteiger partial charge >= 0.3 is 0 Å². The first-order valence-electron chi connectivity index (χ1n) is 5.36. The molecule has 0 bridgehead atoms. The summed E-state index contributed by atoms with van der Waals surface area (Å²) in [6, 6.07) is 6.24. The molecule has 0 amide bonds. The Bertz CT molecular complexity index is 352. The molecule has 0 aliphatic heterocycles. The van der Waals surface area contributed by atoms with Gasteiger partial charge in [-0.3, -0.25) is 0 Å². The zero-order chi connectivity index (χ0) is 12.0. The third-order valence-corrected chi connectivity index (χ3v) is 2.34. The lowest BCUT2D eigenvalue weighted by Crippen LogP contribution is -2.23. The predicted molar refractivity (Wildman–Crippen MR) is 64.9 cm³/mol. The van der Waals surface area contributed by atoms with Gasteiger partial charge in [0.05, 0.1) is 12.0 Å². The monoisotopic (exact) mass is 218 g/mol. The van der Waals surface area contributed by atoms with Gasteiger partial charge in [-0.25, -0.2) is 4.98 Å². The third kappa shape index (κ3) is 3.87. The topological polar surface area (TPSA) is 52.0 Å². The summed E-state index contributed by atoms with van der Waals surface area (Å²) in [5, 5.41) is 11.7. The fourth-order valence-corrected chi connectivity index (χ4v) is 1.55. The van der Waals surface area contributed by atoms with E-state index >= 15 is 0 Å². The molecule has 1 heterocycles. The minimum atomic E-state index is 0.0644. The van der Waals surface area contributed by atoms with E-state index in [1.54, 1.807) is 0 Å². The predicted octanol–water partition coefficient (Wildman–Crippen LogP) is 1.71. The van der Waals surface area contributed by atoms with Crippen LogP contribution in [0.2, 0.25) is 0 Å². The fraction of sp³-hybridized carbons (Fsp3) is 0.500. The molecule has 1 unspecified atom stereocenters. The summed E-state index contributed by atoms with van der Waals surface area (Å²) in [6.45, 7) is 3.53. The van der Waals surface area contributed by atoms with Crippen molar-refractivity contribution in [1.82, 2.24) is 9.88 Å². The van der Waals surface area contributed by atoms with Crippen LogP contribution in [0.25, 0.3) is 0 Å². The van der Waals surface area contributed by atoms with E-state index in [1.165, 1.54) is 0 Å². The quantitative estimate of drug-likeness (QED) is 0.817. The molecule has 0 fully saturated rings. The first-order valence-corrected chi connectivity index (χ1v) is 5.36. The molecule has 0 spiro atoms. The van der Waals surface area contributed by atoms with Gasteiger partial charge < -0.3 is 10.2 Å². The van der Waals surface area contributed by atoms with Crippen molar-refractivity contribution in [3.05, 3.63) is 23.9 Å². The largest absolute Gasteiger partial charge is 0.373 e. The summed E-state index contributed by atoms with van der Waals surface area (Å²) in [5.41, 5.74) is 1.16. The Balaban J connectivity index is 2.50. The highest BCUT2D eigenvalue weighted by molar-refractivity contribution is 5.34. The van der Waals surface area contributed by atoms with Crippen molar-refractivity contribution in [3.8, 4) is 6.07 Å². The molecule has 86 valence electrons. The molecule has 0 aromatic carbocycles. The number of anilines is 1. The zero-order valence-corrected chi connectivity index (χ0v) is 10.1. The molecule has 0 saturated heterocycles. The minimum absolute atomic E-state index is 0.0644. The molecule has 4 nitrogen and oxygen atoms in total. The number of nitrogens with one attached hydrogen (secondary N) is 1. The summed E-state index contributed by atoms with van der Waals surface area (Å²) in [7, 11) is 3.86. The van der Waals surface area contributed by atoms with Crippen LogP contribution in [0.3, 0.4) is 0 Å². The van der Waals surface area contributed by atoms with Crippen LogP contribution in [0.1, 0.15) is 12.5 Å². The molecule has 1 rings (SSSR count). The lowest BCUT2D eigenvalue weighted by molar-refractivity contribution is 0.303. The van der Waals surface area contributed by atoms with Crippen molar-refractivity contribution in [3.63, 3.8) is 0 Å². The number of nitrogens with zero attached hydrogens (tertiary/aromatic N) is 3. The average Bonchev–Trinajstić information content (AvgIpc) is 2.29. The van der Waals surface area contributed by atoms with Crippen LogP contribution >= 0.6 is 0 Å². The van der Waals surface area contributed by atoms with E-state index in [0.29, 0.717) is 0 Å². The minimum Gasteiger partial charge on any atom is -0.373 e. The molecule has 1 N–H and O–H groups in total. The first-order chi connectivity index (χ1) is 7.65. The molecule has 4 heteroatoms. The van der Waals surface area contributed by atoms with Crippen molar-refractivity contribution in [1.29, 1.82) is 5.26 Å². The van der Waals surface area contributed by atoms with E-state index in [0.717, 1.165) is 24.5 Å². The molecule has 0 aliphatic rings. The van der Waals surface area contributed by atoms with Crippen LogP contribution in [0.15, 0.2) is 18.3 Å². The number of hydrogen-bond acceptors (Lipinski definition) is 4. The van der Waals surface area contributed by atoms with E-state index in [-0.39, 0.29) is 5.92 Å². The number of pyridine rings is 1. The second-order valence-electron chi connectivity index (χ2n) is 4.03. The molecule has 16 heavy (non-hydrogen) atoms. The highest BCUT2D eigenvalue weighted by Crippen LogP contribution is 2.07. The third-order valence-electron chi connectivity index (χ3n) is 2.34. The number of hydrogen-bond donors (Lipinski definition) is 1. The molecule has 0 aliphatic carbocycles. The Hall–Kier alpha value is -1.60. The van der Waals surface area contributed by atoms with Crippen molar-refractivity contribution in [2.45, 2.75) is 13.5 Å². The summed E-state index contributed by atoms with van der Waals surface area (Å²) < 4.78 is 0. The maximum Gasteiger partial charge on any atom is 0.125 e. The highest BCUT2D eigenvalue weighted by atomic mass is 15.1. The lowest BCUT2D eigenvalue weighted by Gasteiger charge is -2.17. The van der Waals surface area contributed by atoms with E-state index in [4.69, 9.17) is 5.26 Å². The van der Waals surface area contributed by atoms with Gasteiger partial charge in [-0.1, -0.05) is 6.07 Å². The van der Waals surface area contributed by atoms with Crippen molar-refractivity contribution in [2.75, 3.05) is 26.0 Å². The summed E-state index contributed by atoms with van der Waals surface area (Å²) in [5.74, 6) is 0.936. The van der Waals surface area contributed by atoms with Crippen molar-refractivity contribution in [2.24, 2.45) is 5.92 Å². The Morgan fingerprint density at radius 2 is 2.31 bits per heavy atom. The van der Waals surface area contributed by atoms with Crippen LogP contribution in [0, 0.1) is 17.2 Å². The van der Waals surface area contributed by atoms with Gasteiger partial charge in [-0.15, -0.1) is 0 Å². The SMILES string of the molecule is CNc1ccc(CN(C)CC(C)C#N)cn1. The van der Waals surface area contributed by atoms with Crippen LogP contribution in [-0.4, -0.2) is 30.5 Å². The Labute approximate surface area is 96.9 Å². The number of aromatic nitrogens is 1.